The number of carbonyl (C=O) groups excluding carboxylic acids is 6. The molecular weight excluding hydrogens is 780 g/mol. The van der Waals surface area contributed by atoms with Crippen molar-refractivity contribution in [3.05, 3.63) is 11.6 Å². The highest BCUT2D eigenvalue weighted by Gasteiger charge is 2.43. The number of allylic oxidation sites excluding steroid dienone is 2. The zero-order valence-corrected chi connectivity index (χ0v) is 38.2. The van der Waals surface area contributed by atoms with E-state index in [1.54, 1.807) is 125 Å². The number of nitrogens with zero attached hydrogens (tertiary/aromatic N) is 2. The summed E-state index contributed by atoms with van der Waals surface area (Å²) in [6.45, 7) is 29.7. The molecule has 55 heavy (non-hydrogen) atoms. The van der Waals surface area contributed by atoms with Gasteiger partial charge in [-0.3, -0.25) is 0 Å². The van der Waals surface area contributed by atoms with Gasteiger partial charge < -0.3 is 28.4 Å². The van der Waals surface area contributed by atoms with E-state index in [9.17, 15) is 28.8 Å². The van der Waals surface area contributed by atoms with Crippen molar-refractivity contribution in [1.29, 1.82) is 0 Å². The summed E-state index contributed by atoms with van der Waals surface area (Å²) < 4.78 is 33.4. The highest BCUT2D eigenvalue weighted by Crippen LogP contribution is 2.26. The topological polar surface area (TPSA) is 164 Å². The summed E-state index contributed by atoms with van der Waals surface area (Å²) in [5.74, 6) is -1.62. The van der Waals surface area contributed by atoms with Gasteiger partial charge in [0.05, 0.1) is 0 Å². The summed E-state index contributed by atoms with van der Waals surface area (Å²) in [6.07, 6.45) is -1.47. The van der Waals surface area contributed by atoms with E-state index in [-0.39, 0.29) is 19.3 Å². The predicted molar refractivity (Wildman–Crippen MR) is 213 cm³/mol. The molecule has 0 aromatic rings. The number of rotatable bonds is 12. The molecule has 0 heterocycles. The summed E-state index contributed by atoms with van der Waals surface area (Å²) in [7, 11) is 0. The molecule has 14 nitrogen and oxygen atoms in total. The third kappa shape index (κ3) is 22.7. The lowest BCUT2D eigenvalue weighted by Gasteiger charge is -2.34. The van der Waals surface area contributed by atoms with Gasteiger partial charge in [0, 0.05) is 5.33 Å². The maximum Gasteiger partial charge on any atom is 0.420 e. The van der Waals surface area contributed by atoms with E-state index < -0.39 is 82.0 Å². The van der Waals surface area contributed by atoms with E-state index in [0.717, 1.165) is 5.57 Å². The van der Waals surface area contributed by atoms with Gasteiger partial charge in [0.25, 0.3) is 0 Å². The smallest absolute Gasteiger partial charge is 0.420 e. The number of alkyl halides is 1. The van der Waals surface area contributed by atoms with Crippen LogP contribution in [0.2, 0.25) is 0 Å². The third-order valence-corrected chi connectivity index (χ3v) is 7.09. The van der Waals surface area contributed by atoms with E-state index in [2.05, 4.69) is 15.9 Å². The Morgan fingerprint density at radius 1 is 0.473 bits per heavy atom. The average molecular weight is 850 g/mol. The largest absolute Gasteiger partial charge is 0.458 e. The molecule has 0 spiro atoms. The van der Waals surface area contributed by atoms with Crippen LogP contribution in [-0.4, -0.2) is 97.1 Å². The Hall–Kier alpha value is -3.36. The van der Waals surface area contributed by atoms with Crippen LogP contribution in [0.4, 0.5) is 19.2 Å². The van der Waals surface area contributed by atoms with Gasteiger partial charge >= 0.3 is 36.3 Å². The third-order valence-electron chi connectivity index (χ3n) is 6.37. The molecule has 0 fully saturated rings. The summed E-state index contributed by atoms with van der Waals surface area (Å²) >= 11 is 3.49. The molecule has 0 aliphatic heterocycles. The first-order valence-corrected chi connectivity index (χ1v) is 19.8. The lowest BCUT2D eigenvalue weighted by molar-refractivity contribution is -0.162. The maximum atomic E-state index is 13.7. The Balaban J connectivity index is 6.67. The lowest BCUT2D eigenvalue weighted by atomic mass is 10.0. The molecule has 0 N–H and O–H groups in total. The molecule has 0 bridgehead atoms. The number of amides is 4. The second kappa shape index (κ2) is 20.2. The predicted octanol–water partition coefficient (Wildman–Crippen LogP) is 10.0. The van der Waals surface area contributed by atoms with Crippen molar-refractivity contribution in [3.8, 4) is 0 Å². The first-order valence-electron chi connectivity index (χ1n) is 18.7. The minimum Gasteiger partial charge on any atom is -0.458 e. The van der Waals surface area contributed by atoms with Crippen LogP contribution in [0.15, 0.2) is 11.6 Å². The lowest BCUT2D eigenvalue weighted by Crippen LogP contribution is -2.53. The SMILES string of the molecule is CC(C)(C)OC(=O)[C@H](CCC/C=C(/CBr)CC[C@@H](C(=O)OC(C)(C)C)N(C(=O)OC(C)(C)C)C(=O)OC(C)(C)C)N(C(=O)OC(C)(C)C)C(=O)OC(C)(C)C. The van der Waals surface area contributed by atoms with E-state index >= 15 is 0 Å². The molecule has 4 amide bonds. The number of carbonyl (C=O) groups is 6. The zero-order valence-electron chi connectivity index (χ0n) is 36.6. The van der Waals surface area contributed by atoms with Gasteiger partial charge in [-0.25, -0.2) is 28.8 Å². The highest BCUT2D eigenvalue weighted by atomic mass is 79.9. The second-order valence-electron chi connectivity index (χ2n) is 19.2. The summed E-state index contributed by atoms with van der Waals surface area (Å²) in [4.78, 5) is 82.5. The Bertz CT molecular complexity index is 1310. The highest BCUT2D eigenvalue weighted by molar-refractivity contribution is 9.09. The van der Waals surface area contributed by atoms with Crippen molar-refractivity contribution in [1.82, 2.24) is 9.80 Å². The molecule has 0 aromatic carbocycles. The standard InChI is InChI=1S/C40H69BrN2O12/c1-35(2,3)50-29(44)27(42(31(46)52-37(7,8)9)32(47)53-38(10,11)12)22-20-19-21-26(25-41)23-24-28(30(45)51-36(4,5)6)43(33(48)54-39(13,14)15)34(49)55-40(16,17)18/h21,27-28H,19-20,22-25H2,1-18H3/b26-21+/t27-,28-/m0/s1. The van der Waals surface area contributed by atoms with Crippen LogP contribution in [0.1, 0.15) is 157 Å². The fourth-order valence-electron chi connectivity index (χ4n) is 4.51. The number of hydrogen-bond donors (Lipinski definition) is 0. The molecule has 0 saturated heterocycles. The maximum absolute atomic E-state index is 13.7. The molecule has 15 heteroatoms. The van der Waals surface area contributed by atoms with Crippen molar-refractivity contribution >= 4 is 52.2 Å². The molecule has 0 aliphatic rings. The van der Waals surface area contributed by atoms with Crippen LogP contribution in [-0.2, 0) is 38.0 Å². The molecule has 318 valence electrons. The van der Waals surface area contributed by atoms with Crippen molar-refractivity contribution < 1.29 is 57.2 Å². The summed E-state index contributed by atoms with van der Waals surface area (Å²) in [5, 5.41) is 0.365. The molecule has 0 unspecified atom stereocenters. The van der Waals surface area contributed by atoms with Gasteiger partial charge in [-0.2, -0.15) is 9.80 Å². The van der Waals surface area contributed by atoms with E-state index in [1.807, 2.05) is 6.08 Å². The Kier molecular flexibility index (Phi) is 18.9. The van der Waals surface area contributed by atoms with Gasteiger partial charge in [0.1, 0.15) is 45.7 Å². The zero-order chi connectivity index (χ0) is 43.5. The Morgan fingerprint density at radius 3 is 1.00 bits per heavy atom. The number of unbranched alkanes of at least 4 members (excludes halogenated alkanes) is 1. The number of hydrogen-bond acceptors (Lipinski definition) is 12. The number of esters is 2. The fourth-order valence-corrected chi connectivity index (χ4v) is 5.02. The molecule has 0 saturated carbocycles. The van der Waals surface area contributed by atoms with Gasteiger partial charge in [-0.1, -0.05) is 27.6 Å². The van der Waals surface area contributed by atoms with E-state index in [1.165, 1.54) is 0 Å². The molecule has 0 radical (unpaired) electrons. The Morgan fingerprint density at radius 2 is 0.745 bits per heavy atom. The van der Waals surface area contributed by atoms with Crippen LogP contribution in [0.5, 0.6) is 0 Å². The quantitative estimate of drug-likeness (QED) is 0.0601. The van der Waals surface area contributed by atoms with Crippen LogP contribution in [0.3, 0.4) is 0 Å². The molecule has 0 aliphatic carbocycles. The van der Waals surface area contributed by atoms with Crippen LogP contribution in [0, 0.1) is 0 Å². The summed E-state index contributed by atoms with van der Waals surface area (Å²) in [5.41, 5.74) is -5.01. The van der Waals surface area contributed by atoms with Crippen LogP contribution < -0.4 is 0 Å². The number of ether oxygens (including phenoxy) is 6. The molecular formula is C40H69BrN2O12. The van der Waals surface area contributed by atoms with Gasteiger partial charge in [0.15, 0.2) is 0 Å². The van der Waals surface area contributed by atoms with Crippen molar-refractivity contribution in [2.45, 2.75) is 202 Å². The van der Waals surface area contributed by atoms with Gasteiger partial charge in [0.2, 0.25) is 0 Å². The number of imide groups is 2. The van der Waals surface area contributed by atoms with Crippen molar-refractivity contribution in [2.24, 2.45) is 0 Å². The summed E-state index contributed by atoms with van der Waals surface area (Å²) in [6, 6.07) is -2.78. The van der Waals surface area contributed by atoms with Gasteiger partial charge in [-0.05, 0) is 157 Å². The molecule has 0 aromatic heterocycles. The van der Waals surface area contributed by atoms with Crippen LogP contribution >= 0.6 is 15.9 Å². The second-order valence-corrected chi connectivity index (χ2v) is 19.8. The number of halogens is 1. The molecule has 2 atom stereocenters. The van der Waals surface area contributed by atoms with E-state index in [0.29, 0.717) is 28.0 Å². The minimum atomic E-state index is -1.40. The normalized spacial score (nSPS) is 14.2. The van der Waals surface area contributed by atoms with Crippen molar-refractivity contribution in [2.75, 3.05) is 5.33 Å². The minimum absolute atomic E-state index is 0.00502. The monoisotopic (exact) mass is 848 g/mol. The van der Waals surface area contributed by atoms with Crippen LogP contribution in [0.25, 0.3) is 0 Å². The molecule has 0 rings (SSSR count). The van der Waals surface area contributed by atoms with Gasteiger partial charge in [-0.15, -0.1) is 0 Å². The fraction of sp³-hybridized carbons (Fsp3) is 0.800. The first kappa shape index (κ1) is 51.6. The first-order chi connectivity index (χ1) is 24.4. The average Bonchev–Trinajstić information content (AvgIpc) is 2.89. The van der Waals surface area contributed by atoms with E-state index in [4.69, 9.17) is 28.4 Å². The van der Waals surface area contributed by atoms with Crippen molar-refractivity contribution in [3.63, 3.8) is 0 Å². The Labute approximate surface area is 337 Å².